The van der Waals surface area contributed by atoms with Gasteiger partial charge in [-0.05, 0) is 43.0 Å². The topological polar surface area (TPSA) is 76.8 Å². The molecule has 4 rings (SSSR count). The van der Waals surface area contributed by atoms with Gasteiger partial charge >= 0.3 is 0 Å². The summed E-state index contributed by atoms with van der Waals surface area (Å²) < 4.78 is 33.2. The van der Waals surface area contributed by atoms with Crippen molar-refractivity contribution >= 4 is 15.7 Å². The lowest BCUT2D eigenvalue weighted by Crippen LogP contribution is -2.34. The average molecular weight is 401 g/mol. The van der Waals surface area contributed by atoms with Crippen molar-refractivity contribution < 1.29 is 13.2 Å². The highest BCUT2D eigenvalue weighted by Crippen LogP contribution is 2.27. The zero-order valence-electron chi connectivity index (χ0n) is 15.9. The van der Waals surface area contributed by atoms with E-state index < -0.39 is 10.0 Å². The van der Waals surface area contributed by atoms with E-state index in [-0.39, 0.29) is 0 Å². The molecule has 4 bridgehead atoms. The van der Waals surface area contributed by atoms with E-state index in [9.17, 15) is 8.42 Å². The normalized spacial score (nSPS) is 16.9. The van der Waals surface area contributed by atoms with Crippen LogP contribution in [0.4, 0.5) is 0 Å². The van der Waals surface area contributed by atoms with Crippen LogP contribution in [0.1, 0.15) is 25.0 Å². The van der Waals surface area contributed by atoms with Gasteiger partial charge in [-0.1, -0.05) is 18.6 Å². The molecule has 2 aromatic heterocycles. The van der Waals surface area contributed by atoms with Crippen LogP contribution in [0.25, 0.3) is 16.8 Å². The number of nitrogens with zero attached hydrogens (tertiary/aromatic N) is 4. The van der Waals surface area contributed by atoms with Crippen LogP contribution < -0.4 is 4.74 Å². The highest BCUT2D eigenvalue weighted by Gasteiger charge is 2.17. The SMILES string of the molecule is CS(=O)(=O)N1CCCCCc2ccn3ncc(c3n2)-c2cccc(c2)OCC1. The Morgan fingerprint density at radius 3 is 2.86 bits per heavy atom. The Hall–Kier alpha value is -2.45. The summed E-state index contributed by atoms with van der Waals surface area (Å²) in [6, 6.07) is 9.75. The number of aromatic nitrogens is 3. The van der Waals surface area contributed by atoms with E-state index in [1.807, 2.05) is 42.7 Å². The highest BCUT2D eigenvalue weighted by atomic mass is 32.2. The number of hydrogen-bond acceptors (Lipinski definition) is 5. The Labute approximate surface area is 165 Å². The maximum atomic E-state index is 12.0. The predicted molar refractivity (Wildman–Crippen MR) is 108 cm³/mol. The van der Waals surface area contributed by atoms with E-state index in [1.165, 1.54) is 10.6 Å². The molecule has 0 aliphatic carbocycles. The van der Waals surface area contributed by atoms with Crippen LogP contribution in [-0.4, -0.2) is 53.3 Å². The van der Waals surface area contributed by atoms with Crippen molar-refractivity contribution in [2.45, 2.75) is 25.7 Å². The molecule has 0 N–H and O–H groups in total. The molecule has 1 aromatic carbocycles. The predicted octanol–water partition coefficient (Wildman–Crippen LogP) is 2.76. The molecule has 0 fully saturated rings. The number of sulfonamides is 1. The molecule has 3 aromatic rings. The van der Waals surface area contributed by atoms with Gasteiger partial charge in [-0.15, -0.1) is 0 Å². The Kier molecular flexibility index (Phi) is 5.32. The second-order valence-corrected chi connectivity index (χ2v) is 9.08. The number of aryl methyl sites for hydroxylation is 1. The molecule has 1 aliphatic rings. The first-order valence-corrected chi connectivity index (χ1v) is 11.4. The van der Waals surface area contributed by atoms with Gasteiger partial charge in [-0.3, -0.25) is 0 Å². The number of rotatable bonds is 1. The third-order valence-corrected chi connectivity index (χ3v) is 6.29. The maximum absolute atomic E-state index is 12.0. The molecule has 1 aliphatic heterocycles. The van der Waals surface area contributed by atoms with E-state index in [2.05, 4.69) is 5.10 Å². The summed E-state index contributed by atoms with van der Waals surface area (Å²) in [7, 11) is -3.25. The molecule has 148 valence electrons. The van der Waals surface area contributed by atoms with E-state index in [0.717, 1.165) is 48.2 Å². The fourth-order valence-corrected chi connectivity index (χ4v) is 4.35. The van der Waals surface area contributed by atoms with Crippen LogP contribution in [0.15, 0.2) is 42.7 Å². The third-order valence-electron chi connectivity index (χ3n) is 4.99. The van der Waals surface area contributed by atoms with Gasteiger partial charge in [0.15, 0.2) is 5.65 Å². The first-order valence-electron chi connectivity index (χ1n) is 9.52. The van der Waals surface area contributed by atoms with Crippen molar-refractivity contribution in [2.75, 3.05) is 26.0 Å². The van der Waals surface area contributed by atoms with Gasteiger partial charge in [0.25, 0.3) is 0 Å². The minimum absolute atomic E-state index is 0.313. The summed E-state index contributed by atoms with van der Waals surface area (Å²) in [5, 5.41) is 4.41. The van der Waals surface area contributed by atoms with E-state index in [4.69, 9.17) is 9.72 Å². The molecular formula is C20H24N4O3S. The van der Waals surface area contributed by atoms with E-state index in [1.54, 1.807) is 4.52 Å². The molecule has 0 radical (unpaired) electrons. The molecule has 8 heteroatoms. The molecule has 7 nitrogen and oxygen atoms in total. The summed E-state index contributed by atoms with van der Waals surface area (Å²) in [5.74, 6) is 0.702. The molecule has 3 heterocycles. The van der Waals surface area contributed by atoms with Gasteiger partial charge in [0, 0.05) is 30.5 Å². The molecule has 0 atom stereocenters. The van der Waals surface area contributed by atoms with Crippen LogP contribution in [0.3, 0.4) is 0 Å². The fraction of sp³-hybridized carbons (Fsp3) is 0.400. The molecule has 0 unspecified atom stereocenters. The Bertz CT molecular complexity index is 1080. The number of fused-ring (bicyclic) bond motifs is 4. The highest BCUT2D eigenvalue weighted by molar-refractivity contribution is 7.88. The van der Waals surface area contributed by atoms with Gasteiger partial charge in [-0.2, -0.15) is 9.40 Å². The summed E-state index contributed by atoms with van der Waals surface area (Å²) in [6.07, 6.45) is 8.62. The van der Waals surface area contributed by atoms with Crippen molar-refractivity contribution in [3.63, 3.8) is 0 Å². The van der Waals surface area contributed by atoms with Gasteiger partial charge in [-0.25, -0.2) is 17.9 Å². The summed E-state index contributed by atoms with van der Waals surface area (Å²) in [4.78, 5) is 4.81. The zero-order valence-corrected chi connectivity index (χ0v) is 16.7. The molecule has 0 amide bonds. The second kappa shape index (κ2) is 7.89. The van der Waals surface area contributed by atoms with Gasteiger partial charge < -0.3 is 4.74 Å². The van der Waals surface area contributed by atoms with Crippen molar-refractivity contribution in [2.24, 2.45) is 0 Å². The lowest BCUT2D eigenvalue weighted by molar-refractivity contribution is 0.271. The Morgan fingerprint density at radius 2 is 2.00 bits per heavy atom. The van der Waals surface area contributed by atoms with Crippen molar-refractivity contribution in [1.29, 1.82) is 0 Å². The molecular weight excluding hydrogens is 376 g/mol. The fourth-order valence-electron chi connectivity index (χ4n) is 3.48. The quantitative estimate of drug-likeness (QED) is 0.628. The Balaban J connectivity index is 1.68. The molecule has 0 spiro atoms. The summed E-state index contributed by atoms with van der Waals surface area (Å²) in [5.41, 5.74) is 3.79. The van der Waals surface area contributed by atoms with Crippen molar-refractivity contribution in [3.05, 3.63) is 48.4 Å². The minimum atomic E-state index is -3.25. The largest absolute Gasteiger partial charge is 0.492 e. The third kappa shape index (κ3) is 4.18. The first-order chi connectivity index (χ1) is 13.5. The zero-order chi connectivity index (χ0) is 19.6. The molecule has 28 heavy (non-hydrogen) atoms. The van der Waals surface area contributed by atoms with Crippen LogP contribution >= 0.6 is 0 Å². The van der Waals surface area contributed by atoms with Gasteiger partial charge in [0.2, 0.25) is 10.0 Å². The maximum Gasteiger partial charge on any atom is 0.211 e. The lowest BCUT2D eigenvalue weighted by Gasteiger charge is -2.20. The van der Waals surface area contributed by atoms with Crippen molar-refractivity contribution in [1.82, 2.24) is 18.9 Å². The average Bonchev–Trinajstić information content (AvgIpc) is 3.08. The van der Waals surface area contributed by atoms with Gasteiger partial charge in [0.1, 0.15) is 12.4 Å². The van der Waals surface area contributed by atoms with Gasteiger partial charge in [0.05, 0.1) is 12.5 Å². The molecule has 0 saturated carbocycles. The van der Waals surface area contributed by atoms with E-state index in [0.29, 0.717) is 25.4 Å². The monoisotopic (exact) mass is 400 g/mol. The van der Waals surface area contributed by atoms with Crippen LogP contribution in [0.2, 0.25) is 0 Å². The number of ether oxygens (including phenoxy) is 1. The first kappa shape index (κ1) is 18.9. The van der Waals surface area contributed by atoms with Crippen LogP contribution in [0.5, 0.6) is 5.75 Å². The van der Waals surface area contributed by atoms with E-state index >= 15 is 0 Å². The van der Waals surface area contributed by atoms with Crippen LogP contribution in [-0.2, 0) is 16.4 Å². The standard InChI is InChI=1S/C20H24N4O3S/c1-28(25,26)23-10-4-2-3-7-17-9-11-24-20(22-17)19(15-21-24)16-6-5-8-18(14-16)27-13-12-23/h5-6,8-9,11,14-15H,2-4,7,10,12-13H2,1H3. The molecule has 0 saturated heterocycles. The Morgan fingerprint density at radius 1 is 1.11 bits per heavy atom. The second-order valence-electron chi connectivity index (χ2n) is 7.09. The lowest BCUT2D eigenvalue weighted by atomic mass is 10.1. The summed E-state index contributed by atoms with van der Waals surface area (Å²) in [6.45, 7) is 1.18. The van der Waals surface area contributed by atoms with Crippen LogP contribution in [0, 0.1) is 0 Å². The smallest absolute Gasteiger partial charge is 0.211 e. The minimum Gasteiger partial charge on any atom is -0.492 e. The number of hydrogen-bond donors (Lipinski definition) is 0. The van der Waals surface area contributed by atoms with Crippen molar-refractivity contribution in [3.8, 4) is 16.9 Å². The number of benzene rings is 1. The summed E-state index contributed by atoms with van der Waals surface area (Å²) >= 11 is 0.